The Kier molecular flexibility index (Phi) is 5.20. The number of nitrogens with one attached hydrogen (secondary N) is 1. The first kappa shape index (κ1) is 15.4. The largest absolute Gasteiger partial charge is 0.397 e. The topological polar surface area (TPSA) is 64.3 Å². The van der Waals surface area contributed by atoms with Crippen LogP contribution < -0.4 is 11.1 Å². The third-order valence-electron chi connectivity index (χ3n) is 3.16. The van der Waals surface area contributed by atoms with Crippen LogP contribution in [0.4, 0.5) is 5.69 Å². The molecular formula is C16H17ClN2O2. The van der Waals surface area contributed by atoms with E-state index in [1.807, 2.05) is 24.3 Å². The molecule has 0 aliphatic heterocycles. The molecule has 0 saturated carbocycles. The maximum atomic E-state index is 12.2. The zero-order valence-corrected chi connectivity index (χ0v) is 12.5. The highest BCUT2D eigenvalue weighted by molar-refractivity contribution is 6.33. The highest BCUT2D eigenvalue weighted by Gasteiger charge is 2.12. The number of nitrogens with two attached hydrogens (primary N) is 1. The minimum absolute atomic E-state index is 0.248. The van der Waals surface area contributed by atoms with E-state index in [1.165, 1.54) is 0 Å². The van der Waals surface area contributed by atoms with Crippen molar-refractivity contribution in [3.05, 3.63) is 64.2 Å². The Labute approximate surface area is 128 Å². The van der Waals surface area contributed by atoms with Crippen molar-refractivity contribution in [1.82, 2.24) is 5.32 Å². The molecule has 0 aromatic heterocycles. The fourth-order valence-corrected chi connectivity index (χ4v) is 2.21. The summed E-state index contributed by atoms with van der Waals surface area (Å²) in [7, 11) is 1.64. The van der Waals surface area contributed by atoms with Gasteiger partial charge in [-0.3, -0.25) is 4.79 Å². The molecule has 2 aromatic carbocycles. The number of anilines is 1. The van der Waals surface area contributed by atoms with Gasteiger partial charge in [0.2, 0.25) is 0 Å². The smallest absolute Gasteiger partial charge is 0.253 e. The third kappa shape index (κ3) is 3.74. The molecule has 0 radical (unpaired) electrons. The molecule has 21 heavy (non-hydrogen) atoms. The fraction of sp³-hybridized carbons (Fsp3) is 0.188. The van der Waals surface area contributed by atoms with Crippen LogP contribution in [0.3, 0.4) is 0 Å². The van der Waals surface area contributed by atoms with Gasteiger partial charge >= 0.3 is 0 Å². The van der Waals surface area contributed by atoms with Crippen molar-refractivity contribution in [3.8, 4) is 0 Å². The number of ether oxygens (including phenoxy) is 1. The second-order valence-corrected chi connectivity index (χ2v) is 4.99. The SMILES string of the molecule is COCc1ccccc1CNC(=O)c1cccc(Cl)c1N. The van der Waals surface area contributed by atoms with Crippen molar-refractivity contribution in [3.63, 3.8) is 0 Å². The van der Waals surface area contributed by atoms with Crippen LogP contribution in [0.5, 0.6) is 0 Å². The van der Waals surface area contributed by atoms with Gasteiger partial charge in [0.1, 0.15) is 0 Å². The molecule has 0 bridgehead atoms. The van der Waals surface area contributed by atoms with Crippen molar-refractivity contribution in [2.75, 3.05) is 12.8 Å². The maximum absolute atomic E-state index is 12.2. The highest BCUT2D eigenvalue weighted by atomic mass is 35.5. The first-order chi connectivity index (χ1) is 10.1. The van der Waals surface area contributed by atoms with E-state index in [-0.39, 0.29) is 5.91 Å². The van der Waals surface area contributed by atoms with Crippen LogP contribution in [0, 0.1) is 0 Å². The standard InChI is InChI=1S/C16H17ClN2O2/c1-21-10-12-6-3-2-5-11(12)9-19-16(20)13-7-4-8-14(17)15(13)18/h2-8H,9-10,18H2,1H3,(H,19,20). The van der Waals surface area contributed by atoms with Gasteiger partial charge < -0.3 is 15.8 Å². The Bertz CT molecular complexity index is 644. The Balaban J connectivity index is 2.09. The van der Waals surface area contributed by atoms with Gasteiger partial charge in [-0.05, 0) is 23.3 Å². The zero-order chi connectivity index (χ0) is 15.2. The second-order valence-electron chi connectivity index (χ2n) is 4.59. The van der Waals surface area contributed by atoms with E-state index in [0.717, 1.165) is 11.1 Å². The lowest BCUT2D eigenvalue weighted by atomic mass is 10.1. The molecule has 5 heteroatoms. The van der Waals surface area contributed by atoms with Crippen molar-refractivity contribution in [1.29, 1.82) is 0 Å². The number of methoxy groups -OCH3 is 1. The second kappa shape index (κ2) is 7.11. The summed E-state index contributed by atoms with van der Waals surface area (Å²) in [6, 6.07) is 12.8. The van der Waals surface area contributed by atoms with Crippen LogP contribution in [0.15, 0.2) is 42.5 Å². The molecule has 0 aliphatic rings. The van der Waals surface area contributed by atoms with Gasteiger partial charge in [0.05, 0.1) is 22.9 Å². The molecule has 0 spiro atoms. The predicted octanol–water partition coefficient (Wildman–Crippen LogP) is 3.00. The predicted molar refractivity (Wildman–Crippen MR) is 84.2 cm³/mol. The molecule has 2 rings (SSSR count). The molecule has 4 nitrogen and oxygen atoms in total. The molecule has 1 amide bonds. The molecule has 0 aliphatic carbocycles. The lowest BCUT2D eigenvalue weighted by Crippen LogP contribution is -2.24. The summed E-state index contributed by atoms with van der Waals surface area (Å²) in [4.78, 5) is 12.2. The van der Waals surface area contributed by atoms with Crippen molar-refractivity contribution in [2.24, 2.45) is 0 Å². The summed E-state index contributed by atoms with van der Waals surface area (Å²) in [6.07, 6.45) is 0. The number of hydrogen-bond acceptors (Lipinski definition) is 3. The first-order valence-corrected chi connectivity index (χ1v) is 6.89. The van der Waals surface area contributed by atoms with E-state index in [0.29, 0.717) is 29.4 Å². The average Bonchev–Trinajstić information content (AvgIpc) is 2.49. The lowest BCUT2D eigenvalue weighted by molar-refractivity contribution is 0.0951. The summed E-state index contributed by atoms with van der Waals surface area (Å²) in [5, 5.41) is 3.23. The van der Waals surface area contributed by atoms with Crippen molar-refractivity contribution < 1.29 is 9.53 Å². The van der Waals surface area contributed by atoms with Crippen LogP contribution in [-0.2, 0) is 17.9 Å². The summed E-state index contributed by atoms with van der Waals surface area (Å²) >= 11 is 5.92. The Morgan fingerprint density at radius 2 is 1.90 bits per heavy atom. The number of carbonyl (C=O) groups is 1. The van der Waals surface area contributed by atoms with Gasteiger partial charge in [-0.2, -0.15) is 0 Å². The number of para-hydroxylation sites is 1. The van der Waals surface area contributed by atoms with Gasteiger partial charge in [0.25, 0.3) is 5.91 Å². The number of nitrogen functional groups attached to an aromatic ring is 1. The first-order valence-electron chi connectivity index (χ1n) is 6.51. The molecule has 0 fully saturated rings. The van der Waals surface area contributed by atoms with Crippen LogP contribution in [0.1, 0.15) is 21.5 Å². The number of rotatable bonds is 5. The van der Waals surface area contributed by atoms with E-state index in [1.54, 1.807) is 25.3 Å². The van der Waals surface area contributed by atoms with E-state index >= 15 is 0 Å². The quantitative estimate of drug-likeness (QED) is 0.835. The third-order valence-corrected chi connectivity index (χ3v) is 3.48. The molecule has 0 unspecified atom stereocenters. The van der Waals surface area contributed by atoms with E-state index in [4.69, 9.17) is 22.1 Å². The van der Waals surface area contributed by atoms with E-state index in [9.17, 15) is 4.79 Å². The van der Waals surface area contributed by atoms with Crippen LogP contribution in [-0.4, -0.2) is 13.0 Å². The highest BCUT2D eigenvalue weighted by Crippen LogP contribution is 2.22. The lowest BCUT2D eigenvalue weighted by Gasteiger charge is -2.11. The zero-order valence-electron chi connectivity index (χ0n) is 11.7. The molecule has 0 heterocycles. The molecule has 2 aromatic rings. The fourth-order valence-electron chi connectivity index (χ4n) is 2.03. The summed E-state index contributed by atoms with van der Waals surface area (Å²) in [5.41, 5.74) is 8.54. The van der Waals surface area contributed by atoms with Crippen LogP contribution in [0.25, 0.3) is 0 Å². The van der Waals surface area contributed by atoms with E-state index < -0.39 is 0 Å². The van der Waals surface area contributed by atoms with Crippen molar-refractivity contribution >= 4 is 23.2 Å². The average molecular weight is 305 g/mol. The maximum Gasteiger partial charge on any atom is 0.253 e. The number of carbonyl (C=O) groups excluding carboxylic acids is 1. The molecule has 0 saturated heterocycles. The van der Waals surface area contributed by atoms with Crippen LogP contribution >= 0.6 is 11.6 Å². The minimum atomic E-state index is -0.248. The van der Waals surface area contributed by atoms with Gasteiger partial charge in [0.15, 0.2) is 0 Å². The minimum Gasteiger partial charge on any atom is -0.397 e. The Morgan fingerprint density at radius 1 is 1.19 bits per heavy atom. The molecule has 0 atom stereocenters. The monoisotopic (exact) mass is 304 g/mol. The molecular weight excluding hydrogens is 288 g/mol. The number of hydrogen-bond donors (Lipinski definition) is 2. The normalized spacial score (nSPS) is 10.4. The Morgan fingerprint density at radius 3 is 2.62 bits per heavy atom. The number of halogens is 1. The summed E-state index contributed by atoms with van der Waals surface area (Å²) < 4.78 is 5.14. The Hall–Kier alpha value is -2.04. The number of benzene rings is 2. The van der Waals surface area contributed by atoms with Gasteiger partial charge in [-0.25, -0.2) is 0 Å². The van der Waals surface area contributed by atoms with Gasteiger partial charge in [-0.1, -0.05) is 41.9 Å². The van der Waals surface area contributed by atoms with Crippen molar-refractivity contribution in [2.45, 2.75) is 13.2 Å². The molecule has 110 valence electrons. The van der Waals surface area contributed by atoms with Crippen LogP contribution in [0.2, 0.25) is 5.02 Å². The molecule has 3 N–H and O–H groups in total. The van der Waals surface area contributed by atoms with Gasteiger partial charge in [0, 0.05) is 13.7 Å². The number of amides is 1. The van der Waals surface area contributed by atoms with E-state index in [2.05, 4.69) is 5.32 Å². The summed E-state index contributed by atoms with van der Waals surface area (Å²) in [6.45, 7) is 0.912. The summed E-state index contributed by atoms with van der Waals surface area (Å²) in [5.74, 6) is -0.248. The van der Waals surface area contributed by atoms with Gasteiger partial charge in [-0.15, -0.1) is 0 Å².